The number of carbonyl (C=O) groups excluding carboxylic acids is 2. The summed E-state index contributed by atoms with van der Waals surface area (Å²) in [6.45, 7) is 1.94. The van der Waals surface area contributed by atoms with Crippen molar-refractivity contribution in [2.24, 2.45) is 0 Å². The molecule has 33 heavy (non-hydrogen) atoms. The van der Waals surface area contributed by atoms with Crippen molar-refractivity contribution >= 4 is 23.4 Å². The van der Waals surface area contributed by atoms with Crippen molar-refractivity contribution in [3.8, 4) is 0 Å². The Kier molecular flexibility index (Phi) is 5.53. The zero-order valence-corrected chi connectivity index (χ0v) is 18.2. The van der Waals surface area contributed by atoms with E-state index in [1.54, 1.807) is 15.8 Å². The second-order valence-corrected chi connectivity index (χ2v) is 8.29. The molecule has 170 valence electrons. The van der Waals surface area contributed by atoms with E-state index in [1.807, 2.05) is 18.2 Å². The summed E-state index contributed by atoms with van der Waals surface area (Å²) < 4.78 is 28.0. The van der Waals surface area contributed by atoms with Crippen LogP contribution >= 0.6 is 11.6 Å². The average molecular weight is 473 g/mol. The zero-order chi connectivity index (χ0) is 23.1. The maximum absolute atomic E-state index is 13.3. The first-order valence-corrected chi connectivity index (χ1v) is 10.8. The molecule has 0 spiro atoms. The number of fused-ring (bicyclic) bond motifs is 3. The lowest BCUT2D eigenvalue weighted by Crippen LogP contribution is -2.41. The molecule has 0 bridgehead atoms. The Hall–Kier alpha value is -3.40. The first kappa shape index (κ1) is 21.4. The van der Waals surface area contributed by atoms with Gasteiger partial charge in [-0.2, -0.15) is 5.10 Å². The minimum Gasteiger partial charge on any atom is -0.332 e. The third-order valence-electron chi connectivity index (χ3n) is 5.84. The molecule has 3 aromatic rings. The number of halogens is 3. The molecule has 2 amide bonds. The molecule has 0 N–H and O–H groups in total. The van der Waals surface area contributed by atoms with Gasteiger partial charge >= 0.3 is 0 Å². The van der Waals surface area contributed by atoms with Crippen LogP contribution in [0.3, 0.4) is 0 Å². The number of rotatable bonds is 4. The third-order valence-corrected chi connectivity index (χ3v) is 6.16. The molecule has 2 aliphatic rings. The maximum atomic E-state index is 13.3. The highest BCUT2D eigenvalue weighted by molar-refractivity contribution is 6.31. The van der Waals surface area contributed by atoms with Gasteiger partial charge in [-0.15, -0.1) is 0 Å². The van der Waals surface area contributed by atoms with Crippen molar-refractivity contribution in [1.29, 1.82) is 0 Å². The highest BCUT2D eigenvalue weighted by Crippen LogP contribution is 2.29. The van der Waals surface area contributed by atoms with Crippen LogP contribution in [-0.4, -0.2) is 54.5 Å². The maximum Gasteiger partial charge on any atom is 0.281 e. The molecule has 11 heteroatoms. The minimum absolute atomic E-state index is 0.109. The highest BCUT2D eigenvalue weighted by Gasteiger charge is 2.35. The lowest BCUT2D eigenvalue weighted by atomic mass is 10.0. The quantitative estimate of drug-likeness (QED) is 0.582. The van der Waals surface area contributed by atoms with Gasteiger partial charge < -0.3 is 9.80 Å². The lowest BCUT2D eigenvalue weighted by Gasteiger charge is -2.30. The summed E-state index contributed by atoms with van der Waals surface area (Å²) in [7, 11) is 0. The fourth-order valence-corrected chi connectivity index (χ4v) is 4.39. The van der Waals surface area contributed by atoms with Gasteiger partial charge in [-0.05, 0) is 24.3 Å². The Labute approximate surface area is 192 Å². The average Bonchev–Trinajstić information content (AvgIpc) is 3.20. The lowest BCUT2D eigenvalue weighted by molar-refractivity contribution is 0.0667. The number of aromatic nitrogens is 4. The predicted molar refractivity (Wildman–Crippen MR) is 114 cm³/mol. The van der Waals surface area contributed by atoms with E-state index in [2.05, 4.69) is 15.1 Å². The van der Waals surface area contributed by atoms with E-state index in [0.717, 1.165) is 11.4 Å². The summed E-state index contributed by atoms with van der Waals surface area (Å²) >= 11 is 5.78. The van der Waals surface area contributed by atoms with Crippen LogP contribution in [-0.2, 0) is 26.1 Å². The first-order chi connectivity index (χ1) is 15.9. The van der Waals surface area contributed by atoms with Gasteiger partial charge in [0.2, 0.25) is 0 Å². The van der Waals surface area contributed by atoms with E-state index >= 15 is 0 Å². The SMILES string of the molecule is O=C(c1ccc(Cl)c(C(F)F)n1)N1CCc2nn3c(c2C1)C(=O)N(Cc1ccccn1)CC3. The fourth-order valence-electron chi connectivity index (χ4n) is 4.20. The van der Waals surface area contributed by atoms with Gasteiger partial charge in [-0.25, -0.2) is 13.8 Å². The summed E-state index contributed by atoms with van der Waals surface area (Å²) in [6, 6.07) is 8.13. The third kappa shape index (κ3) is 3.95. The molecule has 0 saturated carbocycles. The summed E-state index contributed by atoms with van der Waals surface area (Å²) in [5, 5.41) is 4.39. The molecule has 5 heterocycles. The van der Waals surface area contributed by atoms with Crippen LogP contribution < -0.4 is 0 Å². The molecule has 0 radical (unpaired) electrons. The normalized spacial score (nSPS) is 15.6. The molecular weight excluding hydrogens is 454 g/mol. The second kappa shape index (κ2) is 8.51. The molecule has 0 atom stereocenters. The highest BCUT2D eigenvalue weighted by atomic mass is 35.5. The minimum atomic E-state index is -2.89. The van der Waals surface area contributed by atoms with E-state index < -0.39 is 18.0 Å². The molecular formula is C22H19ClF2N6O2. The van der Waals surface area contributed by atoms with Crippen molar-refractivity contribution in [2.75, 3.05) is 13.1 Å². The largest absolute Gasteiger partial charge is 0.332 e. The van der Waals surface area contributed by atoms with Crippen molar-refractivity contribution in [1.82, 2.24) is 29.5 Å². The Morgan fingerprint density at radius 1 is 1.15 bits per heavy atom. The number of hydrogen-bond donors (Lipinski definition) is 0. The summed E-state index contributed by atoms with van der Waals surface area (Å²) in [5.41, 5.74) is 1.98. The molecule has 2 aliphatic heterocycles. The molecule has 0 saturated heterocycles. The molecule has 3 aromatic heterocycles. The molecule has 0 unspecified atom stereocenters. The van der Waals surface area contributed by atoms with Crippen LogP contribution in [0.4, 0.5) is 8.78 Å². The van der Waals surface area contributed by atoms with Crippen LogP contribution in [0.15, 0.2) is 36.5 Å². The van der Waals surface area contributed by atoms with Gasteiger partial charge in [0, 0.05) is 31.3 Å². The van der Waals surface area contributed by atoms with Gasteiger partial charge in [-0.3, -0.25) is 19.3 Å². The number of nitrogens with zero attached hydrogens (tertiary/aromatic N) is 6. The molecule has 8 nitrogen and oxygen atoms in total. The van der Waals surface area contributed by atoms with Crippen LogP contribution in [0.25, 0.3) is 0 Å². The summed E-state index contributed by atoms with van der Waals surface area (Å²) in [6.07, 6.45) is -0.739. The molecule has 0 fully saturated rings. The Balaban J connectivity index is 1.39. The van der Waals surface area contributed by atoms with Crippen molar-refractivity contribution < 1.29 is 18.4 Å². The van der Waals surface area contributed by atoms with Crippen LogP contribution in [0.5, 0.6) is 0 Å². The standard InChI is InChI=1S/C22H19ClF2N6O2/c23-15-4-5-17(27-18(15)20(24)25)21(32)29-8-6-16-14(12-29)19-22(33)30(9-10-31(19)28-16)11-13-3-1-2-7-26-13/h1-5,7,20H,6,8-12H2. The molecule has 0 aliphatic carbocycles. The Bertz CT molecular complexity index is 1230. The van der Waals surface area contributed by atoms with Crippen LogP contribution in [0.1, 0.15) is 50.0 Å². The number of amides is 2. The van der Waals surface area contributed by atoms with E-state index in [9.17, 15) is 18.4 Å². The fraction of sp³-hybridized carbons (Fsp3) is 0.318. The predicted octanol–water partition coefficient (Wildman–Crippen LogP) is 3.12. The summed E-state index contributed by atoms with van der Waals surface area (Å²) in [5.74, 6) is -0.660. The molecule has 0 aromatic carbocycles. The van der Waals surface area contributed by atoms with Crippen molar-refractivity contribution in [3.63, 3.8) is 0 Å². The Morgan fingerprint density at radius 3 is 2.76 bits per heavy atom. The first-order valence-electron chi connectivity index (χ1n) is 10.4. The number of alkyl halides is 2. The summed E-state index contributed by atoms with van der Waals surface area (Å²) in [4.78, 5) is 37.6. The van der Waals surface area contributed by atoms with Gasteiger partial charge in [0.15, 0.2) is 0 Å². The van der Waals surface area contributed by atoms with Crippen LogP contribution in [0, 0.1) is 0 Å². The molecule has 5 rings (SSSR count). The van der Waals surface area contributed by atoms with Crippen molar-refractivity contribution in [2.45, 2.75) is 32.5 Å². The van der Waals surface area contributed by atoms with Gasteiger partial charge in [0.1, 0.15) is 17.1 Å². The number of carbonyl (C=O) groups is 2. The van der Waals surface area contributed by atoms with E-state index in [0.29, 0.717) is 43.9 Å². The van der Waals surface area contributed by atoms with Crippen molar-refractivity contribution in [3.05, 3.63) is 75.6 Å². The zero-order valence-electron chi connectivity index (χ0n) is 17.4. The topological polar surface area (TPSA) is 84.2 Å². The number of pyridine rings is 2. The smallest absolute Gasteiger partial charge is 0.281 e. The second-order valence-electron chi connectivity index (χ2n) is 7.89. The van der Waals surface area contributed by atoms with Gasteiger partial charge in [-0.1, -0.05) is 17.7 Å². The Morgan fingerprint density at radius 2 is 2.00 bits per heavy atom. The van der Waals surface area contributed by atoms with E-state index in [1.165, 1.54) is 17.0 Å². The van der Waals surface area contributed by atoms with Crippen LogP contribution in [0.2, 0.25) is 5.02 Å². The van der Waals surface area contributed by atoms with Gasteiger partial charge in [0.25, 0.3) is 18.2 Å². The van der Waals surface area contributed by atoms with E-state index in [-0.39, 0.29) is 23.2 Å². The van der Waals surface area contributed by atoms with E-state index in [4.69, 9.17) is 11.6 Å². The van der Waals surface area contributed by atoms with Gasteiger partial charge in [0.05, 0.1) is 36.0 Å². The monoisotopic (exact) mass is 472 g/mol. The number of hydrogen-bond acceptors (Lipinski definition) is 5.